The van der Waals surface area contributed by atoms with E-state index in [0.29, 0.717) is 22.3 Å². The van der Waals surface area contributed by atoms with Gasteiger partial charge in [0.1, 0.15) is 5.75 Å². The number of aryl methyl sites for hydroxylation is 2. The van der Waals surface area contributed by atoms with Crippen LogP contribution in [0.3, 0.4) is 0 Å². The Morgan fingerprint density at radius 1 is 0.844 bits per heavy atom. The summed E-state index contributed by atoms with van der Waals surface area (Å²) in [7, 11) is 0. The number of fused-ring (bicyclic) bond motifs is 1. The first kappa shape index (κ1) is 21.4. The first-order chi connectivity index (χ1) is 15.4. The molecule has 5 nitrogen and oxygen atoms in total. The van der Waals surface area contributed by atoms with Crippen LogP contribution in [-0.4, -0.2) is 23.1 Å². The van der Waals surface area contributed by atoms with Gasteiger partial charge < -0.3 is 14.0 Å². The van der Waals surface area contributed by atoms with Crippen molar-refractivity contribution in [2.45, 2.75) is 27.7 Å². The summed E-state index contributed by atoms with van der Waals surface area (Å²) in [5, 5.41) is 0.676. The maximum absolute atomic E-state index is 12.8. The Morgan fingerprint density at radius 3 is 2.28 bits per heavy atom. The van der Waals surface area contributed by atoms with Crippen molar-refractivity contribution in [1.82, 2.24) is 4.57 Å². The Morgan fingerprint density at radius 2 is 1.59 bits per heavy atom. The van der Waals surface area contributed by atoms with Gasteiger partial charge in [-0.2, -0.15) is 0 Å². The van der Waals surface area contributed by atoms with E-state index >= 15 is 0 Å². The fraction of sp³-hybridized carbons (Fsp3) is 0.185. The van der Waals surface area contributed by atoms with Gasteiger partial charge >= 0.3 is 11.9 Å². The van der Waals surface area contributed by atoms with Crippen LogP contribution in [0, 0.1) is 20.8 Å². The lowest BCUT2D eigenvalue weighted by atomic mass is 10.1. The van der Waals surface area contributed by atoms with Crippen LogP contribution < -0.4 is 4.74 Å². The minimum Gasteiger partial charge on any atom is -0.462 e. The molecule has 3 aromatic carbocycles. The van der Waals surface area contributed by atoms with Gasteiger partial charge in [0.2, 0.25) is 0 Å². The van der Waals surface area contributed by atoms with E-state index in [4.69, 9.17) is 9.47 Å². The van der Waals surface area contributed by atoms with E-state index < -0.39 is 11.9 Å². The highest BCUT2D eigenvalue weighted by Crippen LogP contribution is 2.33. The number of carbonyl (C=O) groups is 2. The molecule has 4 rings (SSSR count). The Bertz CT molecular complexity index is 1320. The lowest BCUT2D eigenvalue weighted by Gasteiger charge is -2.09. The summed E-state index contributed by atoms with van der Waals surface area (Å²) in [5.41, 5.74) is 5.62. The molecule has 1 heterocycles. The molecule has 0 atom stereocenters. The van der Waals surface area contributed by atoms with Crippen LogP contribution >= 0.6 is 0 Å². The quantitative estimate of drug-likeness (QED) is 0.292. The summed E-state index contributed by atoms with van der Waals surface area (Å²) >= 11 is 0. The zero-order valence-corrected chi connectivity index (χ0v) is 18.6. The number of nitrogens with zero attached hydrogens (tertiary/aromatic N) is 1. The molecule has 0 saturated carbocycles. The molecule has 0 unspecified atom stereocenters. The van der Waals surface area contributed by atoms with Crippen molar-refractivity contribution in [2.24, 2.45) is 0 Å². The third kappa shape index (κ3) is 3.89. The Labute approximate surface area is 187 Å². The SMILES string of the molecule is CCOC(=O)c1c(C)n(-c2ccccc2)c2ccc(OC(=O)c3ccc(C)c(C)c3)cc12. The normalized spacial score (nSPS) is 10.9. The Kier molecular flexibility index (Phi) is 5.82. The lowest BCUT2D eigenvalue weighted by molar-refractivity contribution is 0.0527. The molecule has 0 aliphatic rings. The first-order valence-corrected chi connectivity index (χ1v) is 10.6. The minimum absolute atomic E-state index is 0.276. The predicted molar refractivity (Wildman–Crippen MR) is 125 cm³/mol. The third-order valence-electron chi connectivity index (χ3n) is 5.62. The molecular weight excluding hydrogens is 402 g/mol. The standard InChI is InChI=1S/C27H25NO4/c1-5-31-27(30)25-19(4)28(21-9-7-6-8-10-21)24-14-13-22(16-23(24)25)32-26(29)20-12-11-17(2)18(3)15-20/h6-16H,5H2,1-4H3. The maximum Gasteiger partial charge on any atom is 0.343 e. The molecule has 5 heteroatoms. The highest BCUT2D eigenvalue weighted by Gasteiger charge is 2.23. The molecule has 0 spiro atoms. The highest BCUT2D eigenvalue weighted by atomic mass is 16.5. The molecule has 162 valence electrons. The fourth-order valence-corrected chi connectivity index (χ4v) is 3.87. The molecule has 0 aliphatic heterocycles. The van der Waals surface area contributed by atoms with E-state index in [-0.39, 0.29) is 6.61 Å². The van der Waals surface area contributed by atoms with E-state index in [1.54, 1.807) is 25.1 Å². The molecule has 0 radical (unpaired) electrons. The predicted octanol–water partition coefficient (Wildman–Crippen LogP) is 5.95. The van der Waals surface area contributed by atoms with Gasteiger partial charge in [-0.15, -0.1) is 0 Å². The smallest absolute Gasteiger partial charge is 0.343 e. The number of esters is 2. The van der Waals surface area contributed by atoms with Crippen molar-refractivity contribution in [3.63, 3.8) is 0 Å². The van der Waals surface area contributed by atoms with Crippen LogP contribution in [0.4, 0.5) is 0 Å². The molecule has 0 saturated heterocycles. The second-order valence-corrected chi connectivity index (χ2v) is 7.72. The third-order valence-corrected chi connectivity index (χ3v) is 5.62. The van der Waals surface area contributed by atoms with E-state index in [1.807, 2.05) is 73.9 Å². The lowest BCUT2D eigenvalue weighted by Crippen LogP contribution is -2.09. The fourth-order valence-electron chi connectivity index (χ4n) is 3.87. The number of carbonyl (C=O) groups excluding carboxylic acids is 2. The van der Waals surface area contributed by atoms with Gasteiger partial charge in [-0.1, -0.05) is 24.3 Å². The molecule has 0 fully saturated rings. The summed E-state index contributed by atoms with van der Waals surface area (Å²) in [4.78, 5) is 25.5. The van der Waals surface area contributed by atoms with Gasteiger partial charge in [0, 0.05) is 16.8 Å². The Balaban J connectivity index is 1.80. The maximum atomic E-state index is 12.8. The molecule has 0 amide bonds. The Hall–Kier alpha value is -3.86. The van der Waals surface area contributed by atoms with Crippen LogP contribution in [0.25, 0.3) is 16.6 Å². The minimum atomic E-state index is -0.440. The number of ether oxygens (including phenoxy) is 2. The first-order valence-electron chi connectivity index (χ1n) is 10.6. The number of para-hydroxylation sites is 1. The van der Waals surface area contributed by atoms with Crippen LogP contribution in [-0.2, 0) is 4.74 Å². The molecule has 0 aliphatic carbocycles. The number of rotatable bonds is 5. The van der Waals surface area contributed by atoms with E-state index in [0.717, 1.165) is 28.0 Å². The second kappa shape index (κ2) is 8.71. The van der Waals surface area contributed by atoms with Gasteiger partial charge in [-0.05, 0) is 81.3 Å². The van der Waals surface area contributed by atoms with Crippen LogP contribution in [0.15, 0.2) is 66.7 Å². The van der Waals surface area contributed by atoms with Gasteiger partial charge in [-0.3, -0.25) is 0 Å². The molecule has 0 bridgehead atoms. The molecule has 0 N–H and O–H groups in total. The molecule has 4 aromatic rings. The summed E-state index contributed by atoms with van der Waals surface area (Å²) < 4.78 is 13.0. The van der Waals surface area contributed by atoms with Gasteiger partial charge in [0.15, 0.2) is 0 Å². The van der Waals surface area contributed by atoms with Crippen molar-refractivity contribution in [2.75, 3.05) is 6.61 Å². The van der Waals surface area contributed by atoms with Crippen LogP contribution in [0.1, 0.15) is 44.5 Å². The van der Waals surface area contributed by atoms with E-state index in [9.17, 15) is 9.59 Å². The number of hydrogen-bond acceptors (Lipinski definition) is 4. The monoisotopic (exact) mass is 427 g/mol. The summed E-state index contributed by atoms with van der Waals surface area (Å²) in [6.07, 6.45) is 0. The average Bonchev–Trinajstić information content (AvgIpc) is 3.07. The number of benzene rings is 3. The van der Waals surface area contributed by atoms with Crippen molar-refractivity contribution in [3.8, 4) is 11.4 Å². The summed E-state index contributed by atoms with van der Waals surface area (Å²) in [6.45, 7) is 7.89. The zero-order valence-electron chi connectivity index (χ0n) is 18.6. The number of aromatic nitrogens is 1. The second-order valence-electron chi connectivity index (χ2n) is 7.72. The van der Waals surface area contributed by atoms with E-state index in [2.05, 4.69) is 0 Å². The molecule has 32 heavy (non-hydrogen) atoms. The van der Waals surface area contributed by atoms with Gasteiger partial charge in [0.05, 0.1) is 23.3 Å². The van der Waals surface area contributed by atoms with Crippen molar-refractivity contribution < 1.29 is 19.1 Å². The van der Waals surface area contributed by atoms with Crippen molar-refractivity contribution in [1.29, 1.82) is 0 Å². The zero-order chi connectivity index (χ0) is 22.8. The largest absolute Gasteiger partial charge is 0.462 e. The summed E-state index contributed by atoms with van der Waals surface area (Å²) in [5.74, 6) is -0.469. The summed E-state index contributed by atoms with van der Waals surface area (Å²) in [6, 6.07) is 20.6. The van der Waals surface area contributed by atoms with Gasteiger partial charge in [-0.25, -0.2) is 9.59 Å². The van der Waals surface area contributed by atoms with E-state index in [1.165, 1.54) is 0 Å². The van der Waals surface area contributed by atoms with Crippen LogP contribution in [0.5, 0.6) is 5.75 Å². The topological polar surface area (TPSA) is 57.5 Å². The average molecular weight is 428 g/mol. The number of hydrogen-bond donors (Lipinski definition) is 0. The van der Waals surface area contributed by atoms with Crippen molar-refractivity contribution in [3.05, 3.63) is 94.7 Å². The van der Waals surface area contributed by atoms with Gasteiger partial charge in [0.25, 0.3) is 0 Å². The molecular formula is C27H25NO4. The molecule has 1 aromatic heterocycles. The highest BCUT2D eigenvalue weighted by molar-refractivity contribution is 6.07. The van der Waals surface area contributed by atoms with Crippen LogP contribution in [0.2, 0.25) is 0 Å². The van der Waals surface area contributed by atoms with Crippen molar-refractivity contribution >= 4 is 22.8 Å².